The van der Waals surface area contributed by atoms with Crippen molar-refractivity contribution in [3.8, 4) is 0 Å². The molecule has 0 saturated carbocycles. The summed E-state index contributed by atoms with van der Waals surface area (Å²) < 4.78 is 5.29. The minimum Gasteiger partial charge on any atom is -0.378 e. The fourth-order valence-electron chi connectivity index (χ4n) is 2.89. The molecule has 0 aromatic carbocycles. The molecule has 1 amide bonds. The molecule has 2 fully saturated rings. The molecule has 0 atom stereocenters. The lowest BCUT2D eigenvalue weighted by atomic mass is 9.93. The molecular weight excluding hydrogens is 274 g/mol. The lowest BCUT2D eigenvalue weighted by Crippen LogP contribution is -2.42. The van der Waals surface area contributed by atoms with E-state index in [2.05, 4.69) is 9.88 Å². The summed E-state index contributed by atoms with van der Waals surface area (Å²) in [7, 11) is 0. The average Bonchev–Trinajstić information content (AvgIpc) is 3.03. The summed E-state index contributed by atoms with van der Waals surface area (Å²) in [5.41, 5.74) is 0. The molecule has 2 aliphatic heterocycles. The third kappa shape index (κ3) is 3.30. The maximum Gasteiger partial charge on any atom is 0.223 e. The first kappa shape index (κ1) is 13.8. The van der Waals surface area contributed by atoms with Crippen molar-refractivity contribution in [1.82, 2.24) is 9.88 Å². The van der Waals surface area contributed by atoms with Gasteiger partial charge in [0.1, 0.15) is 0 Å². The van der Waals surface area contributed by atoms with Crippen molar-refractivity contribution >= 4 is 22.4 Å². The zero-order valence-corrected chi connectivity index (χ0v) is 12.5. The molecule has 2 saturated heterocycles. The van der Waals surface area contributed by atoms with E-state index in [1.54, 1.807) is 11.3 Å². The zero-order chi connectivity index (χ0) is 13.8. The monoisotopic (exact) mass is 295 g/mol. The van der Waals surface area contributed by atoms with Crippen LogP contribution >= 0.6 is 11.3 Å². The highest BCUT2D eigenvalue weighted by Crippen LogP contribution is 2.26. The molecule has 110 valence electrons. The molecule has 1 aromatic rings. The minimum atomic E-state index is 0.306. The lowest BCUT2D eigenvalue weighted by Gasteiger charge is -2.33. The number of carbonyl (C=O) groups is 1. The van der Waals surface area contributed by atoms with E-state index >= 15 is 0 Å². The molecule has 20 heavy (non-hydrogen) atoms. The maximum atomic E-state index is 12.2. The summed E-state index contributed by atoms with van der Waals surface area (Å²) in [4.78, 5) is 20.9. The van der Waals surface area contributed by atoms with Crippen LogP contribution in [0.25, 0.3) is 0 Å². The third-order valence-corrected chi connectivity index (χ3v) is 4.96. The average molecular weight is 295 g/mol. The van der Waals surface area contributed by atoms with Gasteiger partial charge in [-0.25, -0.2) is 4.98 Å². The van der Waals surface area contributed by atoms with Gasteiger partial charge in [-0.05, 0) is 18.8 Å². The number of anilines is 1. The summed E-state index contributed by atoms with van der Waals surface area (Å²) >= 11 is 1.69. The zero-order valence-electron chi connectivity index (χ0n) is 11.7. The second-order valence-electron chi connectivity index (χ2n) is 5.44. The number of morpholine rings is 1. The number of aromatic nitrogens is 1. The molecule has 2 aliphatic rings. The summed E-state index contributed by atoms with van der Waals surface area (Å²) in [6.07, 6.45) is 4.74. The van der Waals surface area contributed by atoms with Crippen molar-refractivity contribution in [3.63, 3.8) is 0 Å². The van der Waals surface area contributed by atoms with Gasteiger partial charge in [0.05, 0.1) is 13.2 Å². The molecule has 0 aliphatic carbocycles. The number of thiazole rings is 1. The van der Waals surface area contributed by atoms with E-state index in [4.69, 9.17) is 4.74 Å². The standard InChI is InChI=1S/C14H21N3O2S/c18-13(16-6-8-19-9-7-16)11-12-1-4-17(5-2-12)14-15-3-10-20-14/h3,10,12H,1-2,4-9,11H2. The Labute approximate surface area is 123 Å². The number of piperidine rings is 1. The third-order valence-electron chi connectivity index (χ3n) is 4.13. The first-order valence-electron chi connectivity index (χ1n) is 7.33. The van der Waals surface area contributed by atoms with E-state index in [0.29, 0.717) is 31.5 Å². The van der Waals surface area contributed by atoms with Gasteiger partial charge in [-0.1, -0.05) is 0 Å². The molecule has 5 nitrogen and oxygen atoms in total. The van der Waals surface area contributed by atoms with Crippen LogP contribution in [0.1, 0.15) is 19.3 Å². The van der Waals surface area contributed by atoms with E-state index < -0.39 is 0 Å². The van der Waals surface area contributed by atoms with Crippen LogP contribution in [0, 0.1) is 5.92 Å². The normalized spacial score (nSPS) is 21.2. The quantitative estimate of drug-likeness (QED) is 0.850. The Kier molecular flexibility index (Phi) is 4.52. The van der Waals surface area contributed by atoms with Gasteiger partial charge in [0, 0.05) is 44.2 Å². The van der Waals surface area contributed by atoms with Gasteiger partial charge in [0.2, 0.25) is 5.91 Å². The Morgan fingerprint density at radius 3 is 2.70 bits per heavy atom. The lowest BCUT2D eigenvalue weighted by molar-refractivity contribution is -0.136. The Hall–Kier alpha value is -1.14. The van der Waals surface area contributed by atoms with Crippen LogP contribution in [0.3, 0.4) is 0 Å². The molecule has 3 rings (SSSR count). The van der Waals surface area contributed by atoms with Gasteiger partial charge >= 0.3 is 0 Å². The van der Waals surface area contributed by atoms with Crippen molar-refractivity contribution in [2.24, 2.45) is 5.92 Å². The smallest absolute Gasteiger partial charge is 0.223 e. The van der Waals surface area contributed by atoms with Crippen LogP contribution in [0.2, 0.25) is 0 Å². The number of ether oxygens (including phenoxy) is 1. The number of amides is 1. The van der Waals surface area contributed by atoms with Crippen LogP contribution in [-0.4, -0.2) is 55.2 Å². The molecule has 0 radical (unpaired) electrons. The second kappa shape index (κ2) is 6.54. The van der Waals surface area contributed by atoms with Crippen molar-refractivity contribution in [1.29, 1.82) is 0 Å². The molecule has 0 unspecified atom stereocenters. The number of carbonyl (C=O) groups excluding carboxylic acids is 1. The minimum absolute atomic E-state index is 0.306. The first-order chi connectivity index (χ1) is 9.83. The highest BCUT2D eigenvalue weighted by molar-refractivity contribution is 7.13. The van der Waals surface area contributed by atoms with Crippen molar-refractivity contribution in [3.05, 3.63) is 11.6 Å². The number of hydrogen-bond acceptors (Lipinski definition) is 5. The predicted octanol–water partition coefficient (Wildman–Crippen LogP) is 1.61. The highest BCUT2D eigenvalue weighted by atomic mass is 32.1. The van der Waals surface area contributed by atoms with Gasteiger partial charge in [-0.2, -0.15) is 0 Å². The number of rotatable bonds is 3. The molecular formula is C14H21N3O2S. The molecule has 3 heterocycles. The molecule has 6 heteroatoms. The van der Waals surface area contributed by atoms with E-state index in [9.17, 15) is 4.79 Å². The highest BCUT2D eigenvalue weighted by Gasteiger charge is 2.25. The molecule has 0 N–H and O–H groups in total. The van der Waals surface area contributed by atoms with E-state index in [-0.39, 0.29) is 0 Å². The Balaban J connectivity index is 1.45. The van der Waals surface area contributed by atoms with Gasteiger partial charge in [-0.15, -0.1) is 11.3 Å². The van der Waals surface area contributed by atoms with Crippen molar-refractivity contribution < 1.29 is 9.53 Å². The second-order valence-corrected chi connectivity index (χ2v) is 6.32. The Morgan fingerprint density at radius 2 is 2.05 bits per heavy atom. The topological polar surface area (TPSA) is 45.7 Å². The van der Waals surface area contributed by atoms with Gasteiger partial charge in [-0.3, -0.25) is 4.79 Å². The van der Waals surface area contributed by atoms with Crippen LogP contribution < -0.4 is 4.90 Å². The maximum absolute atomic E-state index is 12.2. The summed E-state index contributed by atoms with van der Waals surface area (Å²) in [5, 5.41) is 3.13. The summed E-state index contributed by atoms with van der Waals surface area (Å²) in [6, 6.07) is 0. The van der Waals surface area contributed by atoms with E-state index in [1.165, 1.54) is 0 Å². The first-order valence-corrected chi connectivity index (χ1v) is 8.21. The van der Waals surface area contributed by atoms with Crippen LogP contribution in [0.15, 0.2) is 11.6 Å². The van der Waals surface area contributed by atoms with Gasteiger partial charge in [0.15, 0.2) is 5.13 Å². The Bertz CT molecular complexity index is 424. The fourth-order valence-corrected chi connectivity index (χ4v) is 3.59. The molecule has 0 spiro atoms. The fraction of sp³-hybridized carbons (Fsp3) is 0.714. The van der Waals surface area contributed by atoms with E-state index in [1.807, 2.05) is 16.5 Å². The molecule has 0 bridgehead atoms. The number of hydrogen-bond donors (Lipinski definition) is 0. The van der Waals surface area contributed by atoms with Gasteiger partial charge < -0.3 is 14.5 Å². The summed E-state index contributed by atoms with van der Waals surface area (Å²) in [6.45, 7) is 4.94. The van der Waals surface area contributed by atoms with Crippen molar-refractivity contribution in [2.45, 2.75) is 19.3 Å². The predicted molar refractivity (Wildman–Crippen MR) is 79.1 cm³/mol. The van der Waals surface area contributed by atoms with Crippen LogP contribution in [0.4, 0.5) is 5.13 Å². The molecule has 1 aromatic heterocycles. The van der Waals surface area contributed by atoms with Crippen LogP contribution in [-0.2, 0) is 9.53 Å². The van der Waals surface area contributed by atoms with E-state index in [0.717, 1.165) is 44.2 Å². The Morgan fingerprint density at radius 1 is 1.30 bits per heavy atom. The van der Waals surface area contributed by atoms with Crippen LogP contribution in [0.5, 0.6) is 0 Å². The van der Waals surface area contributed by atoms with Gasteiger partial charge in [0.25, 0.3) is 0 Å². The largest absolute Gasteiger partial charge is 0.378 e. The number of nitrogens with zero attached hydrogens (tertiary/aromatic N) is 3. The SMILES string of the molecule is O=C(CC1CCN(c2nccs2)CC1)N1CCOCC1. The van der Waals surface area contributed by atoms with Crippen molar-refractivity contribution in [2.75, 3.05) is 44.3 Å². The summed E-state index contributed by atoms with van der Waals surface area (Å²) in [5.74, 6) is 0.836.